The number of carbonyl (C=O) groups excluding carboxylic acids is 1. The first-order valence-electron chi connectivity index (χ1n) is 11.2. The van der Waals surface area contributed by atoms with Crippen LogP contribution in [0.5, 0.6) is 0 Å². The number of benzene rings is 2. The fraction of sp³-hybridized carbons (Fsp3) is 0.440. The topological polar surface area (TPSA) is 58.4 Å². The molecule has 2 fully saturated rings. The van der Waals surface area contributed by atoms with Crippen molar-refractivity contribution in [1.29, 1.82) is 0 Å². The second kappa shape index (κ2) is 8.29. The molecule has 0 aliphatic carbocycles. The zero-order valence-electron chi connectivity index (χ0n) is 18.0. The van der Waals surface area contributed by atoms with Crippen LogP contribution in [0.1, 0.15) is 54.9 Å². The Balaban J connectivity index is 1.42. The maximum atomic E-state index is 13.2. The average Bonchev–Trinajstić information content (AvgIpc) is 3.18. The summed E-state index contributed by atoms with van der Waals surface area (Å²) in [6.45, 7) is 2.08. The van der Waals surface area contributed by atoms with Crippen LogP contribution in [0.2, 0.25) is 5.02 Å². The molecule has 2 aliphatic heterocycles. The van der Waals surface area contributed by atoms with Gasteiger partial charge in [-0.1, -0.05) is 31.0 Å². The molecule has 31 heavy (non-hydrogen) atoms. The third-order valence-electron chi connectivity index (χ3n) is 7.02. The Morgan fingerprint density at radius 2 is 2.00 bits per heavy atom. The lowest BCUT2D eigenvalue weighted by Gasteiger charge is -2.47. The first kappa shape index (κ1) is 20.5. The highest BCUT2D eigenvalue weighted by molar-refractivity contribution is 6.30. The molecule has 5 nitrogen and oxygen atoms in total. The minimum Gasteiger partial charge on any atom is -0.436 e. The minimum absolute atomic E-state index is 0.0649. The predicted octanol–water partition coefficient (Wildman–Crippen LogP) is 5.46. The maximum absolute atomic E-state index is 13.2. The summed E-state index contributed by atoms with van der Waals surface area (Å²) in [6, 6.07) is 12.6. The summed E-state index contributed by atoms with van der Waals surface area (Å²) in [5.41, 5.74) is 3.80. The number of para-hydroxylation sites is 1. The number of hydrogen-bond acceptors (Lipinski definition) is 4. The van der Waals surface area contributed by atoms with E-state index in [1.807, 2.05) is 36.4 Å². The number of halogens is 1. The first-order valence-corrected chi connectivity index (χ1v) is 11.6. The smallest absolute Gasteiger partial charge is 0.253 e. The van der Waals surface area contributed by atoms with Crippen molar-refractivity contribution in [3.8, 4) is 11.5 Å². The van der Waals surface area contributed by atoms with Gasteiger partial charge in [0, 0.05) is 28.7 Å². The van der Waals surface area contributed by atoms with Gasteiger partial charge in [0.15, 0.2) is 5.58 Å². The summed E-state index contributed by atoms with van der Waals surface area (Å²) >= 11 is 6.16. The molecule has 6 heteroatoms. The molecule has 0 saturated carbocycles. The van der Waals surface area contributed by atoms with Gasteiger partial charge in [0.25, 0.3) is 5.91 Å². The molecule has 162 valence electrons. The number of carbonyl (C=O) groups is 1. The van der Waals surface area contributed by atoms with Crippen LogP contribution < -0.4 is 5.32 Å². The molecule has 1 amide bonds. The number of hydrogen-bond donors (Lipinski definition) is 1. The zero-order valence-corrected chi connectivity index (χ0v) is 18.8. The highest BCUT2D eigenvalue weighted by atomic mass is 35.5. The lowest BCUT2D eigenvalue weighted by Crippen LogP contribution is -2.55. The largest absolute Gasteiger partial charge is 0.436 e. The average molecular weight is 438 g/mol. The number of fused-ring (bicyclic) bond motifs is 3. The Morgan fingerprint density at radius 3 is 2.74 bits per heavy atom. The van der Waals surface area contributed by atoms with Gasteiger partial charge in [0.2, 0.25) is 5.89 Å². The van der Waals surface area contributed by atoms with Crippen molar-refractivity contribution in [2.45, 2.75) is 63.6 Å². The molecule has 1 aromatic heterocycles. The van der Waals surface area contributed by atoms with E-state index >= 15 is 0 Å². The third kappa shape index (κ3) is 3.85. The Kier molecular flexibility index (Phi) is 5.49. The van der Waals surface area contributed by atoms with Gasteiger partial charge in [-0.2, -0.15) is 0 Å². The minimum atomic E-state index is -0.0649. The van der Waals surface area contributed by atoms with Crippen molar-refractivity contribution in [2.75, 3.05) is 7.05 Å². The van der Waals surface area contributed by atoms with Crippen LogP contribution in [0, 0.1) is 0 Å². The summed E-state index contributed by atoms with van der Waals surface area (Å²) in [5, 5.41) is 3.98. The van der Waals surface area contributed by atoms with E-state index in [9.17, 15) is 4.79 Å². The van der Waals surface area contributed by atoms with Crippen LogP contribution in [0.3, 0.4) is 0 Å². The summed E-state index contributed by atoms with van der Waals surface area (Å²) in [4.78, 5) is 20.5. The molecule has 5 rings (SSSR count). The van der Waals surface area contributed by atoms with Crippen molar-refractivity contribution in [2.24, 2.45) is 0 Å². The van der Waals surface area contributed by atoms with Gasteiger partial charge in [-0.25, -0.2) is 4.98 Å². The number of nitrogens with one attached hydrogen (secondary N) is 1. The molecular formula is C25H28ClN3O2. The van der Waals surface area contributed by atoms with Crippen molar-refractivity contribution >= 4 is 28.6 Å². The van der Waals surface area contributed by atoms with Gasteiger partial charge in [0.1, 0.15) is 5.52 Å². The Morgan fingerprint density at radius 1 is 1.23 bits per heavy atom. The highest BCUT2D eigenvalue weighted by Crippen LogP contribution is 2.33. The number of nitrogens with zero attached hydrogens (tertiary/aromatic N) is 2. The Bertz CT molecular complexity index is 1110. The van der Waals surface area contributed by atoms with E-state index in [2.05, 4.69) is 24.2 Å². The number of rotatable bonds is 4. The number of amides is 1. The summed E-state index contributed by atoms with van der Waals surface area (Å²) in [5.74, 6) is 0.461. The quantitative estimate of drug-likeness (QED) is 0.589. The monoisotopic (exact) mass is 437 g/mol. The van der Waals surface area contributed by atoms with E-state index in [4.69, 9.17) is 21.0 Å². The van der Waals surface area contributed by atoms with E-state index in [0.29, 0.717) is 39.7 Å². The molecule has 2 aliphatic rings. The van der Waals surface area contributed by atoms with E-state index in [-0.39, 0.29) is 11.9 Å². The van der Waals surface area contributed by atoms with E-state index < -0.39 is 0 Å². The van der Waals surface area contributed by atoms with Crippen LogP contribution in [0.15, 0.2) is 40.8 Å². The van der Waals surface area contributed by atoms with Gasteiger partial charge in [-0.3, -0.25) is 4.79 Å². The van der Waals surface area contributed by atoms with E-state index in [1.54, 1.807) is 0 Å². The molecule has 0 radical (unpaired) electrons. The first-order chi connectivity index (χ1) is 15.0. The highest BCUT2D eigenvalue weighted by Gasteiger charge is 2.36. The number of oxazole rings is 1. The molecule has 0 spiro atoms. The third-order valence-corrected chi connectivity index (χ3v) is 7.25. The number of piperidine rings is 2. The van der Waals surface area contributed by atoms with E-state index in [0.717, 1.165) is 30.4 Å². The van der Waals surface area contributed by atoms with Crippen molar-refractivity contribution in [3.63, 3.8) is 0 Å². The molecule has 2 aromatic carbocycles. The molecule has 3 heterocycles. The second-order valence-corrected chi connectivity index (χ2v) is 9.31. The van der Waals surface area contributed by atoms with Gasteiger partial charge < -0.3 is 14.6 Å². The summed E-state index contributed by atoms with van der Waals surface area (Å²) < 4.78 is 6.05. The lowest BCUT2D eigenvalue weighted by atomic mass is 9.82. The fourth-order valence-electron chi connectivity index (χ4n) is 5.31. The normalized spacial score (nSPS) is 23.8. The molecule has 1 N–H and O–H groups in total. The molecule has 2 saturated heterocycles. The summed E-state index contributed by atoms with van der Waals surface area (Å²) in [7, 11) is 2.23. The van der Waals surface area contributed by atoms with E-state index in [1.165, 1.54) is 19.3 Å². The number of aryl methyl sites for hydroxylation is 1. The number of aromatic nitrogens is 1. The van der Waals surface area contributed by atoms with Crippen molar-refractivity contribution in [3.05, 3.63) is 52.5 Å². The standard InChI is InChI=1S/C25H28ClN3O2/c1-3-15-12-16(26)10-11-20(15)25-28-23-21(8-5-9-22(23)31-25)24(30)27-17-13-18-6-4-7-19(14-17)29(18)2/h5,8-12,17-19H,3-4,6-7,13-14H2,1-2H3,(H,27,30). The van der Waals surface area contributed by atoms with Gasteiger partial charge in [-0.15, -0.1) is 0 Å². The molecular weight excluding hydrogens is 410 g/mol. The van der Waals surface area contributed by atoms with Crippen LogP contribution in [0.4, 0.5) is 0 Å². The van der Waals surface area contributed by atoms with Crippen LogP contribution in [-0.4, -0.2) is 41.0 Å². The van der Waals surface area contributed by atoms with Crippen LogP contribution in [-0.2, 0) is 6.42 Å². The molecule has 2 bridgehead atoms. The van der Waals surface area contributed by atoms with Gasteiger partial charge in [0.05, 0.1) is 5.56 Å². The molecule has 2 atom stereocenters. The Labute approximate surface area is 187 Å². The maximum Gasteiger partial charge on any atom is 0.253 e. The Hall–Kier alpha value is -2.37. The van der Waals surface area contributed by atoms with Crippen molar-refractivity contribution < 1.29 is 9.21 Å². The van der Waals surface area contributed by atoms with Crippen molar-refractivity contribution in [1.82, 2.24) is 15.2 Å². The SMILES string of the molecule is CCc1cc(Cl)ccc1-c1nc2c(C(=O)NC3CC4CCCC(C3)N4C)cccc2o1. The summed E-state index contributed by atoms with van der Waals surface area (Å²) in [6.07, 6.45) is 6.60. The molecule has 3 aromatic rings. The second-order valence-electron chi connectivity index (χ2n) is 8.87. The zero-order chi connectivity index (χ0) is 21.5. The van der Waals surface area contributed by atoms with Gasteiger partial charge >= 0.3 is 0 Å². The van der Waals surface area contributed by atoms with Crippen LogP contribution >= 0.6 is 11.6 Å². The molecule has 2 unspecified atom stereocenters. The lowest BCUT2D eigenvalue weighted by molar-refractivity contribution is 0.0463. The van der Waals surface area contributed by atoms with Crippen LogP contribution in [0.25, 0.3) is 22.6 Å². The van der Waals surface area contributed by atoms with Gasteiger partial charge in [-0.05, 0) is 75.0 Å². The predicted molar refractivity (Wildman–Crippen MR) is 124 cm³/mol. The fourth-order valence-corrected chi connectivity index (χ4v) is 5.50.